The molecule has 0 saturated heterocycles. The fourth-order valence-corrected chi connectivity index (χ4v) is 1.97. The average Bonchev–Trinajstić information content (AvgIpc) is 2.38. The van der Waals surface area contributed by atoms with Crippen LogP contribution in [0.5, 0.6) is 5.75 Å². The summed E-state index contributed by atoms with van der Waals surface area (Å²) in [5.41, 5.74) is 0.465. The summed E-state index contributed by atoms with van der Waals surface area (Å²) in [5, 5.41) is 12.1. The zero-order valence-electron chi connectivity index (χ0n) is 13.1. The van der Waals surface area contributed by atoms with Gasteiger partial charge in [0, 0.05) is 12.1 Å². The van der Waals surface area contributed by atoms with Gasteiger partial charge in [-0.05, 0) is 24.3 Å². The molecule has 21 heavy (non-hydrogen) atoms. The van der Waals surface area contributed by atoms with Gasteiger partial charge in [-0.25, -0.2) is 4.39 Å². The van der Waals surface area contributed by atoms with Crippen molar-refractivity contribution in [3.8, 4) is 5.75 Å². The van der Waals surface area contributed by atoms with Crippen LogP contribution in [0.25, 0.3) is 0 Å². The summed E-state index contributed by atoms with van der Waals surface area (Å²) in [6.45, 7) is 6.35. The number of hydrogen-bond donors (Lipinski definition) is 2. The number of aliphatic carboxylic acids is 1. The Morgan fingerprint density at radius 2 is 2.10 bits per heavy atom. The maximum absolute atomic E-state index is 14.0. The predicted octanol–water partition coefficient (Wildman–Crippen LogP) is 3.20. The van der Waals surface area contributed by atoms with Crippen LogP contribution >= 0.6 is 0 Å². The van der Waals surface area contributed by atoms with Gasteiger partial charge in [0.2, 0.25) is 0 Å². The first-order valence-corrected chi connectivity index (χ1v) is 7.02. The van der Waals surface area contributed by atoms with Crippen LogP contribution in [-0.4, -0.2) is 24.2 Å². The van der Waals surface area contributed by atoms with Crippen molar-refractivity contribution in [2.24, 2.45) is 5.41 Å². The molecule has 118 valence electrons. The third-order valence-electron chi connectivity index (χ3n) is 3.28. The van der Waals surface area contributed by atoms with E-state index < -0.39 is 17.8 Å². The van der Waals surface area contributed by atoms with Gasteiger partial charge in [0.25, 0.3) is 0 Å². The van der Waals surface area contributed by atoms with Crippen molar-refractivity contribution in [2.45, 2.75) is 46.2 Å². The van der Waals surface area contributed by atoms with Crippen molar-refractivity contribution >= 4 is 5.97 Å². The van der Waals surface area contributed by atoms with E-state index in [0.717, 1.165) is 6.42 Å². The monoisotopic (exact) mass is 297 g/mol. The van der Waals surface area contributed by atoms with Gasteiger partial charge in [-0.3, -0.25) is 4.79 Å². The lowest BCUT2D eigenvalue weighted by Gasteiger charge is -2.21. The summed E-state index contributed by atoms with van der Waals surface area (Å²) in [6, 6.07) is 4.15. The van der Waals surface area contributed by atoms with Gasteiger partial charge in [-0.1, -0.05) is 32.9 Å². The summed E-state index contributed by atoms with van der Waals surface area (Å²) in [6.07, 6.45) is 1.28. The molecule has 0 bridgehead atoms. The zero-order chi connectivity index (χ0) is 16.0. The van der Waals surface area contributed by atoms with E-state index in [1.165, 1.54) is 13.2 Å². The Labute approximate surface area is 125 Å². The molecule has 2 N–H and O–H groups in total. The number of hydrogen-bond acceptors (Lipinski definition) is 3. The van der Waals surface area contributed by atoms with Gasteiger partial charge in [-0.15, -0.1) is 0 Å². The van der Waals surface area contributed by atoms with E-state index in [1.807, 2.05) is 0 Å². The van der Waals surface area contributed by atoms with Crippen LogP contribution in [0.2, 0.25) is 0 Å². The molecule has 0 saturated carbocycles. The Hall–Kier alpha value is -1.62. The van der Waals surface area contributed by atoms with Gasteiger partial charge < -0.3 is 15.2 Å². The molecule has 1 aromatic rings. The molecule has 0 aliphatic heterocycles. The van der Waals surface area contributed by atoms with Crippen LogP contribution in [0.1, 0.15) is 39.2 Å². The van der Waals surface area contributed by atoms with Crippen molar-refractivity contribution in [1.82, 2.24) is 5.32 Å². The van der Waals surface area contributed by atoms with Crippen molar-refractivity contribution in [2.75, 3.05) is 7.11 Å². The molecule has 0 spiro atoms. The van der Waals surface area contributed by atoms with E-state index in [4.69, 9.17) is 4.74 Å². The smallest absolute Gasteiger partial charge is 0.320 e. The molecule has 1 atom stereocenters. The van der Waals surface area contributed by atoms with Crippen molar-refractivity contribution in [3.05, 3.63) is 29.6 Å². The first kappa shape index (κ1) is 17.4. The Morgan fingerprint density at radius 3 is 2.62 bits per heavy atom. The minimum Gasteiger partial charge on any atom is -0.494 e. The largest absolute Gasteiger partial charge is 0.494 e. The molecule has 5 heteroatoms. The number of halogens is 1. The molecule has 0 aliphatic carbocycles. The lowest BCUT2D eigenvalue weighted by Crippen LogP contribution is -2.37. The lowest BCUT2D eigenvalue weighted by atomic mass is 9.88. The number of benzene rings is 1. The SMILES string of the molecule is COc1cccc(CNC(CCC(C)(C)C)C(=O)O)c1F. The number of methoxy groups -OCH3 is 1. The maximum Gasteiger partial charge on any atom is 0.320 e. The lowest BCUT2D eigenvalue weighted by molar-refractivity contribution is -0.139. The highest BCUT2D eigenvalue weighted by atomic mass is 19.1. The Balaban J connectivity index is 2.67. The highest BCUT2D eigenvalue weighted by Crippen LogP contribution is 2.23. The molecule has 4 nitrogen and oxygen atoms in total. The van der Waals surface area contributed by atoms with E-state index in [-0.39, 0.29) is 17.7 Å². The quantitative estimate of drug-likeness (QED) is 0.811. The van der Waals surface area contributed by atoms with E-state index in [2.05, 4.69) is 26.1 Å². The van der Waals surface area contributed by atoms with Gasteiger partial charge >= 0.3 is 5.97 Å². The minimum absolute atomic E-state index is 0.0661. The fraction of sp³-hybridized carbons (Fsp3) is 0.562. The Kier molecular flexibility index (Phi) is 6.15. The number of carbonyl (C=O) groups is 1. The third-order valence-corrected chi connectivity index (χ3v) is 3.28. The molecule has 0 radical (unpaired) electrons. The van der Waals surface area contributed by atoms with Crippen molar-refractivity contribution in [3.63, 3.8) is 0 Å². The summed E-state index contributed by atoms with van der Waals surface area (Å²) < 4.78 is 18.9. The van der Waals surface area contributed by atoms with Crippen LogP contribution in [0.4, 0.5) is 4.39 Å². The number of carboxylic acid groups (broad SMARTS) is 1. The van der Waals surface area contributed by atoms with E-state index in [9.17, 15) is 14.3 Å². The van der Waals surface area contributed by atoms with Crippen LogP contribution in [0.3, 0.4) is 0 Å². The van der Waals surface area contributed by atoms with Crippen LogP contribution in [0, 0.1) is 11.2 Å². The van der Waals surface area contributed by atoms with Crippen LogP contribution in [0.15, 0.2) is 18.2 Å². The molecule has 0 heterocycles. The second kappa shape index (κ2) is 7.41. The summed E-state index contributed by atoms with van der Waals surface area (Å²) >= 11 is 0. The highest BCUT2D eigenvalue weighted by Gasteiger charge is 2.21. The average molecular weight is 297 g/mol. The standard InChI is InChI=1S/C16H24FNO3/c1-16(2,3)9-8-12(15(19)20)18-10-11-6-5-7-13(21-4)14(11)17/h5-7,12,18H,8-10H2,1-4H3,(H,19,20). The van der Waals surface area contributed by atoms with Crippen molar-refractivity contribution < 1.29 is 19.0 Å². The van der Waals surface area contributed by atoms with Crippen LogP contribution < -0.4 is 10.1 Å². The maximum atomic E-state index is 14.0. The Bertz CT molecular complexity index is 483. The van der Waals surface area contributed by atoms with Gasteiger partial charge in [0.1, 0.15) is 6.04 Å². The van der Waals surface area contributed by atoms with Gasteiger partial charge in [0.05, 0.1) is 7.11 Å². The Morgan fingerprint density at radius 1 is 1.43 bits per heavy atom. The summed E-state index contributed by atoms with van der Waals surface area (Å²) in [4.78, 5) is 11.3. The molecule has 0 aromatic heterocycles. The minimum atomic E-state index is -0.914. The van der Waals surface area contributed by atoms with Crippen LogP contribution in [-0.2, 0) is 11.3 Å². The van der Waals surface area contributed by atoms with E-state index >= 15 is 0 Å². The second-order valence-corrected chi connectivity index (χ2v) is 6.30. The van der Waals surface area contributed by atoms with Crippen molar-refractivity contribution in [1.29, 1.82) is 0 Å². The molecule has 1 unspecified atom stereocenters. The molecule has 1 rings (SSSR count). The normalized spacial score (nSPS) is 13.0. The first-order chi connectivity index (χ1) is 9.74. The fourth-order valence-electron chi connectivity index (χ4n) is 1.97. The van der Waals surface area contributed by atoms with Gasteiger partial charge in [-0.2, -0.15) is 0 Å². The predicted molar refractivity (Wildman–Crippen MR) is 79.9 cm³/mol. The molecule has 0 aliphatic rings. The third kappa shape index (κ3) is 5.71. The molecular weight excluding hydrogens is 273 g/mol. The topological polar surface area (TPSA) is 58.6 Å². The molecule has 1 aromatic carbocycles. The number of carboxylic acids is 1. The van der Waals surface area contributed by atoms with E-state index in [1.54, 1.807) is 12.1 Å². The van der Waals surface area contributed by atoms with Gasteiger partial charge in [0.15, 0.2) is 11.6 Å². The number of rotatable bonds is 7. The second-order valence-electron chi connectivity index (χ2n) is 6.30. The zero-order valence-corrected chi connectivity index (χ0v) is 13.1. The molecule has 0 fully saturated rings. The molecular formula is C16H24FNO3. The number of nitrogens with one attached hydrogen (secondary N) is 1. The highest BCUT2D eigenvalue weighted by molar-refractivity contribution is 5.73. The first-order valence-electron chi connectivity index (χ1n) is 7.02. The van der Waals surface area contributed by atoms with E-state index in [0.29, 0.717) is 12.0 Å². The summed E-state index contributed by atoms with van der Waals surface area (Å²) in [7, 11) is 1.40. The number of ether oxygens (including phenoxy) is 1. The molecule has 0 amide bonds. The summed E-state index contributed by atoms with van der Waals surface area (Å²) in [5.74, 6) is -1.20.